The predicted octanol–water partition coefficient (Wildman–Crippen LogP) is 1.88. The normalized spacial score (nSPS) is 9.89. The molecule has 0 aliphatic carbocycles. The Bertz CT molecular complexity index is 629. The van der Waals surface area contributed by atoms with Gasteiger partial charge in [0.15, 0.2) is 0 Å². The van der Waals surface area contributed by atoms with Crippen LogP contribution in [-0.4, -0.2) is 26.0 Å². The highest BCUT2D eigenvalue weighted by Gasteiger charge is 2.19. The summed E-state index contributed by atoms with van der Waals surface area (Å²) in [5.41, 5.74) is -0.492. The van der Waals surface area contributed by atoms with E-state index in [1.165, 1.54) is 12.4 Å². The number of hydrogen-bond donors (Lipinski definition) is 1. The highest BCUT2D eigenvalue weighted by atomic mass is 16.6. The summed E-state index contributed by atoms with van der Waals surface area (Å²) in [7, 11) is 0. The number of carbonyl (C=O) groups is 1. The van der Waals surface area contributed by atoms with Crippen LogP contribution in [-0.2, 0) is 0 Å². The maximum Gasteiger partial charge on any atom is 0.335 e. The van der Waals surface area contributed by atoms with Crippen molar-refractivity contribution < 1.29 is 19.6 Å². The van der Waals surface area contributed by atoms with E-state index in [0.29, 0.717) is 0 Å². The highest BCUT2D eigenvalue weighted by molar-refractivity contribution is 5.88. The highest BCUT2D eigenvalue weighted by Crippen LogP contribution is 2.30. The van der Waals surface area contributed by atoms with E-state index in [0.717, 1.165) is 18.2 Å². The lowest BCUT2D eigenvalue weighted by Gasteiger charge is -2.04. The Morgan fingerprint density at radius 1 is 1.32 bits per heavy atom. The van der Waals surface area contributed by atoms with E-state index >= 15 is 0 Å². The molecular weight excluding hydrogens is 254 g/mol. The standard InChI is InChI=1S/C11H7N3O5/c15-10(16)7-2-3-8(14(17)18)9(6-7)19-11-12-4-1-5-13-11/h1-6H,(H,15,16). The van der Waals surface area contributed by atoms with E-state index in [1.807, 2.05) is 0 Å². The van der Waals surface area contributed by atoms with E-state index in [2.05, 4.69) is 9.97 Å². The molecular formula is C11H7N3O5. The van der Waals surface area contributed by atoms with Crippen molar-refractivity contribution in [2.45, 2.75) is 0 Å². The number of ether oxygens (including phenoxy) is 1. The first-order chi connectivity index (χ1) is 9.08. The summed E-state index contributed by atoms with van der Waals surface area (Å²) in [6.07, 6.45) is 2.80. The molecule has 0 fully saturated rings. The molecule has 0 saturated heterocycles. The number of nitrogens with zero attached hydrogens (tertiary/aromatic N) is 3. The van der Waals surface area contributed by atoms with Crippen LogP contribution in [0.1, 0.15) is 10.4 Å². The average molecular weight is 261 g/mol. The Hall–Kier alpha value is -3.03. The molecule has 1 aromatic heterocycles. The van der Waals surface area contributed by atoms with Crippen LogP contribution in [0.5, 0.6) is 11.8 Å². The van der Waals surface area contributed by atoms with Crippen molar-refractivity contribution in [3.8, 4) is 11.8 Å². The summed E-state index contributed by atoms with van der Waals surface area (Å²) in [6, 6.07) is 4.68. The molecule has 0 aliphatic heterocycles. The molecule has 8 nitrogen and oxygen atoms in total. The minimum Gasteiger partial charge on any atom is -0.478 e. The maximum atomic E-state index is 10.8. The van der Waals surface area contributed by atoms with Gasteiger partial charge in [-0.3, -0.25) is 10.1 Å². The second kappa shape index (κ2) is 5.08. The van der Waals surface area contributed by atoms with Gasteiger partial charge in [-0.05, 0) is 12.1 Å². The minimum absolute atomic E-state index is 0.104. The number of nitro groups is 1. The third-order valence-corrected chi connectivity index (χ3v) is 2.15. The Labute approximate surface area is 106 Å². The third kappa shape index (κ3) is 2.80. The van der Waals surface area contributed by atoms with Crippen LogP contribution in [0.4, 0.5) is 5.69 Å². The first-order valence-corrected chi connectivity index (χ1v) is 5.04. The number of hydrogen-bond acceptors (Lipinski definition) is 6. The van der Waals surface area contributed by atoms with Crippen LogP contribution in [0.25, 0.3) is 0 Å². The van der Waals surface area contributed by atoms with Crippen LogP contribution in [0.2, 0.25) is 0 Å². The van der Waals surface area contributed by atoms with Crippen LogP contribution in [0.3, 0.4) is 0 Å². The van der Waals surface area contributed by atoms with Gasteiger partial charge in [0.1, 0.15) is 0 Å². The molecule has 0 radical (unpaired) electrons. The Kier molecular flexibility index (Phi) is 3.33. The lowest BCUT2D eigenvalue weighted by atomic mass is 10.2. The number of carboxylic acids is 1. The van der Waals surface area contributed by atoms with E-state index < -0.39 is 10.9 Å². The fraction of sp³-hybridized carbons (Fsp3) is 0. The molecule has 0 amide bonds. The summed E-state index contributed by atoms with van der Waals surface area (Å²) in [4.78, 5) is 28.5. The monoisotopic (exact) mass is 261 g/mol. The van der Waals surface area contributed by atoms with Crippen molar-refractivity contribution in [1.29, 1.82) is 0 Å². The van der Waals surface area contributed by atoms with Crippen LogP contribution in [0, 0.1) is 10.1 Å². The molecule has 0 bridgehead atoms. The zero-order valence-electron chi connectivity index (χ0n) is 9.39. The van der Waals surface area contributed by atoms with Gasteiger partial charge >= 0.3 is 17.7 Å². The molecule has 0 spiro atoms. The topological polar surface area (TPSA) is 115 Å². The molecule has 0 unspecified atom stereocenters. The molecule has 19 heavy (non-hydrogen) atoms. The summed E-state index contributed by atoms with van der Waals surface area (Å²) < 4.78 is 5.13. The van der Waals surface area contributed by atoms with E-state index in [1.54, 1.807) is 6.07 Å². The van der Waals surface area contributed by atoms with E-state index in [4.69, 9.17) is 9.84 Å². The second-order valence-corrected chi connectivity index (χ2v) is 3.38. The molecule has 0 atom stereocenters. The Balaban J connectivity index is 2.43. The van der Waals surface area contributed by atoms with Gasteiger partial charge in [-0.25, -0.2) is 14.8 Å². The molecule has 96 valence electrons. The van der Waals surface area contributed by atoms with Crippen molar-refractivity contribution in [3.63, 3.8) is 0 Å². The summed E-state index contributed by atoms with van der Waals surface area (Å²) in [5, 5.41) is 19.7. The van der Waals surface area contributed by atoms with Crippen molar-refractivity contribution in [2.75, 3.05) is 0 Å². The number of rotatable bonds is 4. The molecule has 0 aliphatic rings. The number of aromatic nitrogens is 2. The zero-order chi connectivity index (χ0) is 13.8. The summed E-state index contributed by atoms with van der Waals surface area (Å²) in [5.74, 6) is -1.44. The molecule has 1 aromatic carbocycles. The van der Waals surface area contributed by atoms with Gasteiger partial charge in [-0.15, -0.1) is 0 Å². The minimum atomic E-state index is -1.21. The SMILES string of the molecule is O=C(O)c1ccc([N+](=O)[O-])c(Oc2ncccn2)c1. The molecule has 0 saturated carbocycles. The fourth-order valence-electron chi connectivity index (χ4n) is 1.32. The second-order valence-electron chi connectivity index (χ2n) is 3.38. The predicted molar refractivity (Wildman–Crippen MR) is 62.2 cm³/mol. The van der Waals surface area contributed by atoms with Gasteiger partial charge in [0, 0.05) is 24.5 Å². The Morgan fingerprint density at radius 3 is 2.58 bits per heavy atom. The first kappa shape index (κ1) is 12.4. The smallest absolute Gasteiger partial charge is 0.335 e. The third-order valence-electron chi connectivity index (χ3n) is 2.15. The number of carboxylic acid groups (broad SMARTS) is 1. The maximum absolute atomic E-state index is 10.8. The fourth-order valence-corrected chi connectivity index (χ4v) is 1.32. The van der Waals surface area contributed by atoms with Gasteiger partial charge in [-0.2, -0.15) is 0 Å². The molecule has 2 aromatic rings. The summed E-state index contributed by atoms with van der Waals surface area (Å²) in [6.45, 7) is 0. The lowest BCUT2D eigenvalue weighted by molar-refractivity contribution is -0.385. The van der Waals surface area contributed by atoms with Crippen molar-refractivity contribution in [1.82, 2.24) is 9.97 Å². The number of nitro benzene ring substituents is 1. The van der Waals surface area contributed by atoms with Gasteiger partial charge < -0.3 is 9.84 Å². The van der Waals surface area contributed by atoms with Crippen LogP contribution >= 0.6 is 0 Å². The lowest BCUT2D eigenvalue weighted by Crippen LogP contribution is -2.00. The van der Waals surface area contributed by atoms with Gasteiger partial charge in [0.2, 0.25) is 5.75 Å². The quantitative estimate of drug-likeness (QED) is 0.659. The van der Waals surface area contributed by atoms with Crippen LogP contribution < -0.4 is 4.74 Å². The summed E-state index contributed by atoms with van der Waals surface area (Å²) >= 11 is 0. The van der Waals surface area contributed by atoms with Crippen molar-refractivity contribution in [3.05, 3.63) is 52.3 Å². The zero-order valence-corrected chi connectivity index (χ0v) is 9.39. The average Bonchev–Trinajstić information content (AvgIpc) is 2.39. The van der Waals surface area contributed by atoms with Crippen molar-refractivity contribution in [2.24, 2.45) is 0 Å². The van der Waals surface area contributed by atoms with Gasteiger partial charge in [0.05, 0.1) is 10.5 Å². The molecule has 8 heteroatoms. The van der Waals surface area contributed by atoms with Gasteiger partial charge in [0.25, 0.3) is 0 Å². The van der Waals surface area contributed by atoms with E-state index in [-0.39, 0.29) is 23.0 Å². The molecule has 2 rings (SSSR count). The Morgan fingerprint density at radius 2 is 2.00 bits per heavy atom. The van der Waals surface area contributed by atoms with Gasteiger partial charge in [-0.1, -0.05) is 0 Å². The largest absolute Gasteiger partial charge is 0.478 e. The van der Waals surface area contributed by atoms with Crippen LogP contribution in [0.15, 0.2) is 36.7 Å². The number of benzene rings is 1. The first-order valence-electron chi connectivity index (χ1n) is 5.04. The molecule has 1 N–H and O–H groups in total. The molecule has 1 heterocycles. The number of aromatic carboxylic acids is 1. The van der Waals surface area contributed by atoms with Crippen molar-refractivity contribution >= 4 is 11.7 Å². The van der Waals surface area contributed by atoms with E-state index in [9.17, 15) is 14.9 Å².